The SMILES string of the molecule is CC[C@H](C(=O)OCC(=O)N1CCC(c2ccccc2)=N1)c1ccccc1. The minimum absolute atomic E-state index is 0.284. The van der Waals surface area contributed by atoms with E-state index in [0.29, 0.717) is 19.4 Å². The zero-order valence-corrected chi connectivity index (χ0v) is 14.8. The van der Waals surface area contributed by atoms with Crippen LogP contribution in [-0.2, 0) is 14.3 Å². The number of esters is 1. The van der Waals surface area contributed by atoms with Crippen LogP contribution < -0.4 is 0 Å². The molecule has 134 valence electrons. The monoisotopic (exact) mass is 350 g/mol. The van der Waals surface area contributed by atoms with Crippen LogP contribution in [-0.4, -0.2) is 35.7 Å². The number of nitrogens with zero attached hydrogens (tertiary/aromatic N) is 2. The van der Waals surface area contributed by atoms with Gasteiger partial charge in [0.05, 0.1) is 18.2 Å². The smallest absolute Gasteiger partial charge is 0.313 e. The van der Waals surface area contributed by atoms with Gasteiger partial charge in [-0.1, -0.05) is 67.6 Å². The molecule has 0 bridgehead atoms. The Balaban J connectivity index is 1.57. The highest BCUT2D eigenvalue weighted by atomic mass is 16.5. The van der Waals surface area contributed by atoms with Crippen molar-refractivity contribution in [1.29, 1.82) is 0 Å². The van der Waals surface area contributed by atoms with Gasteiger partial charge >= 0.3 is 5.97 Å². The Bertz CT molecular complexity index is 787. The summed E-state index contributed by atoms with van der Waals surface area (Å²) < 4.78 is 5.27. The molecule has 2 aromatic carbocycles. The number of ether oxygens (including phenoxy) is 1. The van der Waals surface area contributed by atoms with Crippen molar-refractivity contribution in [2.45, 2.75) is 25.7 Å². The van der Waals surface area contributed by atoms with Gasteiger partial charge < -0.3 is 4.74 Å². The van der Waals surface area contributed by atoms with Crippen LogP contribution in [0.5, 0.6) is 0 Å². The minimum Gasteiger partial charge on any atom is -0.455 e. The van der Waals surface area contributed by atoms with Crippen molar-refractivity contribution in [3.05, 3.63) is 71.8 Å². The van der Waals surface area contributed by atoms with Crippen LogP contribution in [0.25, 0.3) is 0 Å². The van der Waals surface area contributed by atoms with E-state index < -0.39 is 0 Å². The van der Waals surface area contributed by atoms with Crippen LogP contribution in [0, 0.1) is 0 Å². The Morgan fingerprint density at radius 1 is 1.08 bits per heavy atom. The fourth-order valence-corrected chi connectivity index (χ4v) is 3.00. The molecular formula is C21H22N2O3. The van der Waals surface area contributed by atoms with Crippen LogP contribution in [0.2, 0.25) is 0 Å². The van der Waals surface area contributed by atoms with Gasteiger partial charge in [0, 0.05) is 6.42 Å². The molecule has 0 fully saturated rings. The lowest BCUT2D eigenvalue weighted by molar-refractivity contribution is -0.153. The van der Waals surface area contributed by atoms with Crippen LogP contribution in [0.4, 0.5) is 0 Å². The number of hydrogen-bond donors (Lipinski definition) is 0. The third-order valence-corrected chi connectivity index (χ3v) is 4.43. The van der Waals surface area contributed by atoms with E-state index in [1.54, 1.807) is 0 Å². The van der Waals surface area contributed by atoms with Gasteiger partial charge in [-0.25, -0.2) is 5.01 Å². The van der Waals surface area contributed by atoms with Gasteiger partial charge in [-0.15, -0.1) is 0 Å². The highest BCUT2D eigenvalue weighted by Gasteiger charge is 2.25. The van der Waals surface area contributed by atoms with Crippen molar-refractivity contribution in [2.75, 3.05) is 13.2 Å². The first-order chi connectivity index (χ1) is 12.7. The van der Waals surface area contributed by atoms with Crippen LogP contribution in [0.15, 0.2) is 65.8 Å². The second kappa shape index (κ2) is 8.43. The molecule has 0 saturated carbocycles. The Labute approximate surface area is 153 Å². The van der Waals surface area contributed by atoms with Crippen molar-refractivity contribution in [2.24, 2.45) is 5.10 Å². The molecule has 0 aliphatic carbocycles. The number of carbonyl (C=O) groups excluding carboxylic acids is 2. The third kappa shape index (κ3) is 4.17. The summed E-state index contributed by atoms with van der Waals surface area (Å²) >= 11 is 0. The maximum atomic E-state index is 12.4. The number of amides is 1. The molecule has 0 aromatic heterocycles. The van der Waals surface area contributed by atoms with Crippen molar-refractivity contribution < 1.29 is 14.3 Å². The standard InChI is InChI=1S/C21H22N2O3/c1-2-18(16-9-5-3-6-10-16)21(25)26-15-20(24)23-14-13-19(22-23)17-11-7-4-8-12-17/h3-12,18H,2,13-15H2,1H3/t18-/m0/s1. The van der Waals surface area contributed by atoms with Crippen molar-refractivity contribution in [3.8, 4) is 0 Å². The van der Waals surface area contributed by atoms with Gasteiger partial charge in [-0.05, 0) is 17.5 Å². The Kier molecular flexibility index (Phi) is 5.79. The summed E-state index contributed by atoms with van der Waals surface area (Å²) in [6.07, 6.45) is 1.32. The maximum Gasteiger partial charge on any atom is 0.313 e. The summed E-state index contributed by atoms with van der Waals surface area (Å²) in [7, 11) is 0. The molecule has 3 rings (SSSR count). The summed E-state index contributed by atoms with van der Waals surface area (Å²) in [6, 6.07) is 19.2. The summed E-state index contributed by atoms with van der Waals surface area (Å²) in [6.45, 7) is 2.15. The quantitative estimate of drug-likeness (QED) is 0.751. The van der Waals surface area contributed by atoms with Gasteiger partial charge in [0.1, 0.15) is 0 Å². The van der Waals surface area contributed by atoms with Gasteiger partial charge in [0.15, 0.2) is 6.61 Å². The van der Waals surface area contributed by atoms with Gasteiger partial charge in [-0.2, -0.15) is 5.10 Å². The number of carbonyl (C=O) groups is 2. The van der Waals surface area contributed by atoms with Crippen LogP contribution in [0.1, 0.15) is 36.8 Å². The number of rotatable bonds is 6. The number of hydrogen-bond acceptors (Lipinski definition) is 4. The predicted octanol–water partition coefficient (Wildman–Crippen LogP) is 3.36. The fourth-order valence-electron chi connectivity index (χ4n) is 3.00. The lowest BCUT2D eigenvalue weighted by atomic mass is 9.97. The molecule has 0 spiro atoms. The normalized spacial score (nSPS) is 14.7. The third-order valence-electron chi connectivity index (χ3n) is 4.43. The first-order valence-corrected chi connectivity index (χ1v) is 8.84. The van der Waals surface area contributed by atoms with Crippen molar-refractivity contribution in [1.82, 2.24) is 5.01 Å². The van der Waals surface area contributed by atoms with E-state index in [0.717, 1.165) is 16.8 Å². The van der Waals surface area contributed by atoms with Gasteiger partial charge in [-0.3, -0.25) is 9.59 Å². The van der Waals surface area contributed by atoms with E-state index in [9.17, 15) is 9.59 Å². The first-order valence-electron chi connectivity index (χ1n) is 8.84. The van der Waals surface area contributed by atoms with Gasteiger partial charge in [0.2, 0.25) is 0 Å². The minimum atomic E-state index is -0.376. The van der Waals surface area contributed by atoms with E-state index >= 15 is 0 Å². The van der Waals surface area contributed by atoms with E-state index in [1.165, 1.54) is 5.01 Å². The van der Waals surface area contributed by atoms with Gasteiger partial charge in [0.25, 0.3) is 5.91 Å². The summed E-state index contributed by atoms with van der Waals surface area (Å²) in [5, 5.41) is 5.76. The number of benzene rings is 2. The van der Waals surface area contributed by atoms with Crippen molar-refractivity contribution in [3.63, 3.8) is 0 Å². The van der Waals surface area contributed by atoms with E-state index in [1.807, 2.05) is 67.6 Å². The molecule has 5 nitrogen and oxygen atoms in total. The summed E-state index contributed by atoms with van der Waals surface area (Å²) in [4.78, 5) is 24.7. The summed E-state index contributed by atoms with van der Waals surface area (Å²) in [5.74, 6) is -1.03. The van der Waals surface area contributed by atoms with Crippen LogP contribution >= 0.6 is 0 Å². The predicted molar refractivity (Wildman–Crippen MR) is 99.7 cm³/mol. The highest BCUT2D eigenvalue weighted by molar-refractivity contribution is 6.02. The molecule has 1 atom stereocenters. The maximum absolute atomic E-state index is 12.4. The molecule has 5 heteroatoms. The van der Waals surface area contributed by atoms with Crippen LogP contribution in [0.3, 0.4) is 0 Å². The largest absolute Gasteiger partial charge is 0.455 e. The molecule has 0 N–H and O–H groups in total. The zero-order chi connectivity index (χ0) is 18.4. The Morgan fingerprint density at radius 3 is 2.38 bits per heavy atom. The molecule has 1 heterocycles. The second-order valence-corrected chi connectivity index (χ2v) is 6.16. The molecular weight excluding hydrogens is 328 g/mol. The molecule has 26 heavy (non-hydrogen) atoms. The number of hydrazone groups is 1. The lowest BCUT2D eigenvalue weighted by Crippen LogP contribution is -2.30. The topological polar surface area (TPSA) is 59.0 Å². The molecule has 0 radical (unpaired) electrons. The highest BCUT2D eigenvalue weighted by Crippen LogP contribution is 2.21. The Hall–Kier alpha value is -2.95. The van der Waals surface area contributed by atoms with E-state index in [-0.39, 0.29) is 24.4 Å². The first kappa shape index (κ1) is 17.9. The lowest BCUT2D eigenvalue weighted by Gasteiger charge is -2.16. The average Bonchev–Trinajstić information content (AvgIpc) is 3.18. The fraction of sp³-hybridized carbons (Fsp3) is 0.286. The molecule has 1 aliphatic heterocycles. The zero-order valence-electron chi connectivity index (χ0n) is 14.8. The average molecular weight is 350 g/mol. The molecule has 2 aromatic rings. The summed E-state index contributed by atoms with van der Waals surface area (Å²) in [5.41, 5.74) is 2.79. The van der Waals surface area contributed by atoms with E-state index in [2.05, 4.69) is 5.10 Å². The Morgan fingerprint density at radius 2 is 1.73 bits per heavy atom. The van der Waals surface area contributed by atoms with E-state index in [4.69, 9.17) is 4.74 Å². The second-order valence-electron chi connectivity index (χ2n) is 6.16. The molecule has 0 saturated heterocycles. The van der Waals surface area contributed by atoms with Crippen molar-refractivity contribution >= 4 is 17.6 Å². The molecule has 0 unspecified atom stereocenters. The molecule has 1 amide bonds. The molecule has 1 aliphatic rings.